The molecule has 2 aromatic carbocycles. The average molecular weight is 599 g/mol. The maximum absolute atomic E-state index is 14.2. The Kier molecular flexibility index (Phi) is 8.41. The number of rotatable bonds is 7. The van der Waals surface area contributed by atoms with E-state index in [1.165, 1.54) is 35.2 Å². The third-order valence-electron chi connectivity index (χ3n) is 7.89. The molecule has 1 saturated heterocycles. The van der Waals surface area contributed by atoms with Gasteiger partial charge in [-0.3, -0.25) is 14.5 Å². The summed E-state index contributed by atoms with van der Waals surface area (Å²) in [6.45, 7) is 4.70. The quantitative estimate of drug-likeness (QED) is 0.229. The smallest absolute Gasteiger partial charge is 0.381 e. The van der Waals surface area contributed by atoms with Crippen LogP contribution in [-0.4, -0.2) is 47.4 Å². The van der Waals surface area contributed by atoms with Gasteiger partial charge in [-0.2, -0.15) is 23.5 Å². The predicted molar refractivity (Wildman–Crippen MR) is 147 cm³/mol. The summed E-state index contributed by atoms with van der Waals surface area (Å²) in [6.07, 6.45) is -1.47. The van der Waals surface area contributed by atoms with E-state index in [2.05, 4.69) is 10.6 Å². The second-order valence-corrected chi connectivity index (χ2v) is 10.5. The molecular formula is C30H30F4N6O3. The lowest BCUT2D eigenvalue weighted by molar-refractivity contribution is -0.137. The number of carbonyl (C=O) groups is 2. The van der Waals surface area contributed by atoms with E-state index in [1.54, 1.807) is 18.5 Å². The third-order valence-corrected chi connectivity index (χ3v) is 7.89. The van der Waals surface area contributed by atoms with Crippen molar-refractivity contribution in [3.05, 3.63) is 82.3 Å². The van der Waals surface area contributed by atoms with E-state index >= 15 is 0 Å². The van der Waals surface area contributed by atoms with Crippen LogP contribution in [0.5, 0.6) is 0 Å². The summed E-state index contributed by atoms with van der Waals surface area (Å²) in [5, 5.41) is 19.7. The fourth-order valence-electron chi connectivity index (χ4n) is 5.81. The second-order valence-electron chi connectivity index (χ2n) is 10.5. The Hall–Kier alpha value is -4.44. The number of benzene rings is 2. The molecule has 0 spiro atoms. The number of halogens is 4. The van der Waals surface area contributed by atoms with E-state index in [9.17, 15) is 32.4 Å². The standard InChI is InChI=1S/C30H30F4N6O3/c1-3-39-28-24(25(17(2)36-16-35)38-40(28)22-11-13-43-14-12-22)23(18-7-9-21(31)10-8-18)26(29(39)42)37-27(41)19-5-4-6-20(15-19)30(32,33)34/h4-10,15,17,22-23,26,36H,3,11-14H2,1-2H3,(H,37,41)/t17-,23-,26-/m1/s1. The summed E-state index contributed by atoms with van der Waals surface area (Å²) >= 11 is 0. The minimum Gasteiger partial charge on any atom is -0.381 e. The molecule has 0 bridgehead atoms. The molecule has 226 valence electrons. The number of nitriles is 1. The molecule has 13 heteroatoms. The van der Waals surface area contributed by atoms with Crippen LogP contribution in [0.4, 0.5) is 23.4 Å². The van der Waals surface area contributed by atoms with Crippen LogP contribution in [0.3, 0.4) is 0 Å². The monoisotopic (exact) mass is 598 g/mol. The van der Waals surface area contributed by atoms with Gasteiger partial charge in [-0.25, -0.2) is 9.07 Å². The molecule has 1 aromatic heterocycles. The highest BCUT2D eigenvalue weighted by Crippen LogP contribution is 2.46. The van der Waals surface area contributed by atoms with Gasteiger partial charge < -0.3 is 15.4 Å². The van der Waals surface area contributed by atoms with Gasteiger partial charge in [-0.1, -0.05) is 18.2 Å². The van der Waals surface area contributed by atoms with Crippen LogP contribution in [-0.2, 0) is 15.7 Å². The Balaban J connectivity index is 1.69. The molecule has 43 heavy (non-hydrogen) atoms. The van der Waals surface area contributed by atoms with Gasteiger partial charge in [0.25, 0.3) is 11.8 Å². The minimum absolute atomic E-state index is 0.113. The van der Waals surface area contributed by atoms with E-state index in [4.69, 9.17) is 9.84 Å². The van der Waals surface area contributed by atoms with E-state index in [0.29, 0.717) is 48.7 Å². The number of carbonyl (C=O) groups excluding carboxylic acids is 2. The predicted octanol–water partition coefficient (Wildman–Crippen LogP) is 4.82. The normalized spacial score (nSPS) is 19.8. The Morgan fingerprint density at radius 2 is 1.88 bits per heavy atom. The highest BCUT2D eigenvalue weighted by atomic mass is 19.4. The summed E-state index contributed by atoms with van der Waals surface area (Å²) < 4.78 is 61.6. The highest BCUT2D eigenvalue weighted by molar-refractivity contribution is 6.05. The summed E-state index contributed by atoms with van der Waals surface area (Å²) in [7, 11) is 0. The van der Waals surface area contributed by atoms with Crippen molar-refractivity contribution in [3.8, 4) is 6.19 Å². The van der Waals surface area contributed by atoms with Gasteiger partial charge >= 0.3 is 6.18 Å². The molecule has 1 fully saturated rings. The van der Waals surface area contributed by atoms with Crippen molar-refractivity contribution in [2.24, 2.45) is 0 Å². The minimum atomic E-state index is -4.67. The molecule has 5 rings (SSSR count). The van der Waals surface area contributed by atoms with Crippen LogP contribution >= 0.6 is 0 Å². The van der Waals surface area contributed by atoms with Crippen LogP contribution in [0.2, 0.25) is 0 Å². The first-order valence-electron chi connectivity index (χ1n) is 13.9. The number of hydrogen-bond acceptors (Lipinski definition) is 6. The van der Waals surface area contributed by atoms with E-state index in [0.717, 1.165) is 18.2 Å². The maximum Gasteiger partial charge on any atom is 0.416 e. The first-order chi connectivity index (χ1) is 20.5. The molecule has 2 amide bonds. The molecule has 2 aliphatic rings. The molecule has 9 nitrogen and oxygen atoms in total. The van der Waals surface area contributed by atoms with E-state index in [1.807, 2.05) is 6.19 Å². The largest absolute Gasteiger partial charge is 0.416 e. The number of aromatic nitrogens is 2. The SMILES string of the molecule is CCN1C(=O)[C@H](NC(=O)c2cccc(C(F)(F)F)c2)[C@H](c2ccc(F)cc2)c2c([C@@H](C)NC#N)nn(C3CCOCC3)c21. The van der Waals surface area contributed by atoms with Crippen molar-refractivity contribution in [1.29, 1.82) is 5.26 Å². The van der Waals surface area contributed by atoms with Crippen LogP contribution in [0, 0.1) is 17.3 Å². The number of nitrogens with zero attached hydrogens (tertiary/aromatic N) is 4. The maximum atomic E-state index is 14.2. The van der Waals surface area contributed by atoms with E-state index in [-0.39, 0.29) is 18.2 Å². The zero-order valence-corrected chi connectivity index (χ0v) is 23.5. The summed E-state index contributed by atoms with van der Waals surface area (Å²) in [5.74, 6) is -2.28. The third kappa shape index (κ3) is 5.79. The molecule has 3 heterocycles. The van der Waals surface area contributed by atoms with Gasteiger partial charge in [-0.05, 0) is 62.6 Å². The second kappa shape index (κ2) is 12.0. The first-order valence-corrected chi connectivity index (χ1v) is 13.9. The van der Waals surface area contributed by atoms with Crippen molar-refractivity contribution in [2.75, 3.05) is 24.7 Å². The Morgan fingerprint density at radius 3 is 2.51 bits per heavy atom. The number of likely N-dealkylation sites (N-methyl/N-ethyl adjacent to an activating group) is 1. The molecule has 2 aliphatic heterocycles. The van der Waals surface area contributed by atoms with Crippen LogP contribution in [0.25, 0.3) is 0 Å². The fourth-order valence-corrected chi connectivity index (χ4v) is 5.81. The van der Waals surface area contributed by atoms with Crippen molar-refractivity contribution in [1.82, 2.24) is 20.4 Å². The van der Waals surface area contributed by atoms with E-state index < -0.39 is 47.4 Å². The molecule has 0 radical (unpaired) electrons. The molecule has 0 saturated carbocycles. The number of fused-ring (bicyclic) bond motifs is 1. The average Bonchev–Trinajstić information content (AvgIpc) is 3.38. The molecule has 0 aliphatic carbocycles. The number of amides is 2. The van der Waals surface area contributed by atoms with Gasteiger partial charge in [0, 0.05) is 36.8 Å². The number of nitrogens with one attached hydrogen (secondary N) is 2. The zero-order chi connectivity index (χ0) is 30.9. The lowest BCUT2D eigenvalue weighted by Crippen LogP contribution is -2.55. The first kappa shape index (κ1) is 30.0. The lowest BCUT2D eigenvalue weighted by atomic mass is 9.80. The molecule has 3 atom stereocenters. The number of alkyl halides is 3. The fraction of sp³-hybridized carbons (Fsp3) is 0.400. The highest BCUT2D eigenvalue weighted by Gasteiger charge is 2.47. The molecule has 3 aromatic rings. The van der Waals surface area contributed by atoms with Crippen LogP contribution in [0.15, 0.2) is 48.5 Å². The van der Waals surface area contributed by atoms with Crippen molar-refractivity contribution >= 4 is 17.6 Å². The Morgan fingerprint density at radius 1 is 1.19 bits per heavy atom. The van der Waals surface area contributed by atoms with Gasteiger partial charge in [0.05, 0.1) is 23.3 Å². The Bertz CT molecular complexity index is 1540. The summed E-state index contributed by atoms with van der Waals surface area (Å²) in [4.78, 5) is 29.2. The molecule has 2 N–H and O–H groups in total. The van der Waals surface area contributed by atoms with Gasteiger partial charge in [0.15, 0.2) is 6.19 Å². The summed E-state index contributed by atoms with van der Waals surface area (Å²) in [6, 6.07) is 7.42. The van der Waals surface area contributed by atoms with Crippen LogP contribution in [0.1, 0.15) is 77.4 Å². The van der Waals surface area contributed by atoms with Crippen LogP contribution < -0.4 is 15.5 Å². The molecule has 0 unspecified atom stereocenters. The zero-order valence-electron chi connectivity index (χ0n) is 23.5. The van der Waals surface area contributed by atoms with Crippen molar-refractivity contribution in [3.63, 3.8) is 0 Å². The Labute approximate surface area is 245 Å². The van der Waals surface area contributed by atoms with Gasteiger partial charge in [-0.15, -0.1) is 0 Å². The van der Waals surface area contributed by atoms with Crippen molar-refractivity contribution in [2.45, 2.75) is 56.9 Å². The summed E-state index contributed by atoms with van der Waals surface area (Å²) in [5.41, 5.74) is 0.231. The number of ether oxygens (including phenoxy) is 1. The number of anilines is 1. The lowest BCUT2D eigenvalue weighted by Gasteiger charge is -2.39. The van der Waals surface area contributed by atoms with Gasteiger partial charge in [0.2, 0.25) is 0 Å². The van der Waals surface area contributed by atoms with Gasteiger partial charge in [0.1, 0.15) is 17.7 Å². The molecular weight excluding hydrogens is 568 g/mol. The number of hydrogen-bond donors (Lipinski definition) is 2. The van der Waals surface area contributed by atoms with Crippen molar-refractivity contribution < 1.29 is 31.9 Å². The topological polar surface area (TPSA) is 112 Å².